The van der Waals surface area contributed by atoms with Crippen LogP contribution in [0.25, 0.3) is 16.6 Å². The Morgan fingerprint density at radius 1 is 1.38 bits per heavy atom. The Morgan fingerprint density at radius 2 is 2.19 bits per heavy atom. The Morgan fingerprint density at radius 3 is 2.92 bits per heavy atom. The normalized spacial score (nSPS) is 13.8. The maximum absolute atomic E-state index is 12.6. The van der Waals surface area contributed by atoms with Crippen LogP contribution in [0.4, 0.5) is 0 Å². The van der Waals surface area contributed by atoms with Crippen LogP contribution in [0.5, 0.6) is 0 Å². The van der Waals surface area contributed by atoms with Crippen molar-refractivity contribution in [1.29, 1.82) is 0 Å². The van der Waals surface area contributed by atoms with Gasteiger partial charge in [-0.15, -0.1) is 0 Å². The number of aromatic nitrogens is 4. The van der Waals surface area contributed by atoms with E-state index in [0.717, 1.165) is 6.42 Å². The van der Waals surface area contributed by atoms with Crippen molar-refractivity contribution in [2.45, 2.75) is 39.3 Å². The van der Waals surface area contributed by atoms with Gasteiger partial charge in [-0.1, -0.05) is 20.3 Å². The second kappa shape index (κ2) is 7.65. The highest BCUT2D eigenvalue weighted by Crippen LogP contribution is 2.11. The smallest absolute Gasteiger partial charge is 0.261 e. The molecule has 2 atom stereocenters. The van der Waals surface area contributed by atoms with Crippen molar-refractivity contribution in [2.24, 2.45) is 5.92 Å². The molecular weight excluding hydrogens is 334 g/mol. The fourth-order valence-corrected chi connectivity index (χ4v) is 2.93. The molecule has 3 heterocycles. The topological polar surface area (TPSA) is 102 Å². The van der Waals surface area contributed by atoms with Crippen LogP contribution in [0.3, 0.4) is 0 Å². The van der Waals surface area contributed by atoms with E-state index < -0.39 is 0 Å². The predicted molar refractivity (Wildman–Crippen MR) is 97.8 cm³/mol. The lowest BCUT2D eigenvalue weighted by atomic mass is 10.00. The third kappa shape index (κ3) is 3.45. The second-order valence-electron chi connectivity index (χ2n) is 6.46. The summed E-state index contributed by atoms with van der Waals surface area (Å²) in [5, 5.41) is 16.9. The van der Waals surface area contributed by atoms with E-state index in [0.29, 0.717) is 16.6 Å². The molecule has 0 aromatic carbocycles. The summed E-state index contributed by atoms with van der Waals surface area (Å²) in [6, 6.07) is 3.30. The molecule has 0 bridgehead atoms. The molecule has 3 aromatic rings. The number of aliphatic hydroxyl groups excluding tert-OH is 1. The van der Waals surface area contributed by atoms with Crippen molar-refractivity contribution in [1.82, 2.24) is 24.5 Å². The van der Waals surface area contributed by atoms with Gasteiger partial charge < -0.3 is 15.0 Å². The molecule has 8 heteroatoms. The Hall–Kier alpha value is -2.74. The average molecular weight is 357 g/mol. The SMILES string of the molecule is CC[C@H](C)[C@H](CO)NC(=O)CCn1ccc2c(cnc3ccnn32)c1=O. The minimum atomic E-state index is -0.266. The number of nitrogens with one attached hydrogen (secondary N) is 1. The van der Waals surface area contributed by atoms with Crippen molar-refractivity contribution in [3.05, 3.63) is 41.1 Å². The van der Waals surface area contributed by atoms with Crippen LogP contribution in [-0.4, -0.2) is 42.8 Å². The summed E-state index contributed by atoms with van der Waals surface area (Å²) in [5.41, 5.74) is 1.15. The predicted octanol–water partition coefficient (Wildman–Crippen LogP) is 0.957. The van der Waals surface area contributed by atoms with Crippen molar-refractivity contribution in [2.75, 3.05) is 6.61 Å². The number of aryl methyl sites for hydroxylation is 1. The highest BCUT2D eigenvalue weighted by molar-refractivity contribution is 5.79. The highest BCUT2D eigenvalue weighted by atomic mass is 16.3. The second-order valence-corrected chi connectivity index (χ2v) is 6.46. The molecule has 0 aliphatic carbocycles. The summed E-state index contributed by atoms with van der Waals surface area (Å²) >= 11 is 0. The molecule has 1 amide bonds. The van der Waals surface area contributed by atoms with Crippen LogP contribution in [0.2, 0.25) is 0 Å². The van der Waals surface area contributed by atoms with Gasteiger partial charge in [0.2, 0.25) is 5.91 Å². The molecule has 0 saturated carbocycles. The minimum absolute atomic E-state index is 0.0950. The quantitative estimate of drug-likeness (QED) is 0.656. The number of pyridine rings is 1. The zero-order chi connectivity index (χ0) is 18.7. The molecule has 0 aliphatic heterocycles. The number of rotatable bonds is 7. The van der Waals surface area contributed by atoms with Crippen LogP contribution in [0, 0.1) is 5.92 Å². The van der Waals surface area contributed by atoms with Crippen molar-refractivity contribution in [3.63, 3.8) is 0 Å². The number of carbonyl (C=O) groups excluding carboxylic acids is 1. The van der Waals surface area contributed by atoms with Crippen LogP contribution in [0.1, 0.15) is 26.7 Å². The monoisotopic (exact) mass is 357 g/mol. The van der Waals surface area contributed by atoms with Gasteiger partial charge in [0, 0.05) is 31.4 Å². The molecule has 138 valence electrons. The van der Waals surface area contributed by atoms with E-state index in [1.165, 1.54) is 10.8 Å². The number of fused-ring (bicyclic) bond motifs is 3. The summed E-state index contributed by atoms with van der Waals surface area (Å²) in [6.07, 6.45) is 5.86. The Labute approximate surface area is 150 Å². The van der Waals surface area contributed by atoms with Crippen molar-refractivity contribution < 1.29 is 9.90 Å². The van der Waals surface area contributed by atoms with E-state index in [2.05, 4.69) is 15.4 Å². The molecule has 0 radical (unpaired) electrons. The highest BCUT2D eigenvalue weighted by Gasteiger charge is 2.17. The molecule has 2 N–H and O–H groups in total. The number of hydrogen-bond donors (Lipinski definition) is 2. The van der Waals surface area contributed by atoms with Crippen LogP contribution < -0.4 is 10.9 Å². The summed E-state index contributed by atoms with van der Waals surface area (Å²) in [5.74, 6) is 0.00638. The molecule has 0 saturated heterocycles. The van der Waals surface area contributed by atoms with Gasteiger partial charge in [0.1, 0.15) is 0 Å². The van der Waals surface area contributed by atoms with Crippen molar-refractivity contribution >= 4 is 22.5 Å². The lowest BCUT2D eigenvalue weighted by Crippen LogP contribution is -2.42. The molecule has 3 aromatic heterocycles. The molecular formula is C18H23N5O3. The Bertz CT molecular complexity index is 978. The first-order valence-corrected chi connectivity index (χ1v) is 8.77. The Balaban J connectivity index is 1.75. The van der Waals surface area contributed by atoms with Gasteiger partial charge in [0.15, 0.2) is 5.65 Å². The molecule has 26 heavy (non-hydrogen) atoms. The number of amides is 1. The maximum atomic E-state index is 12.6. The zero-order valence-corrected chi connectivity index (χ0v) is 14.9. The number of nitrogens with zero attached hydrogens (tertiary/aromatic N) is 4. The fourth-order valence-electron chi connectivity index (χ4n) is 2.93. The van der Waals surface area contributed by atoms with E-state index in [4.69, 9.17) is 0 Å². The van der Waals surface area contributed by atoms with Gasteiger partial charge >= 0.3 is 0 Å². The zero-order valence-electron chi connectivity index (χ0n) is 14.9. The van der Waals surface area contributed by atoms with Gasteiger partial charge in [-0.3, -0.25) is 9.59 Å². The number of aliphatic hydroxyl groups is 1. The molecule has 3 rings (SSSR count). The molecule has 8 nitrogen and oxygen atoms in total. The molecule has 0 aliphatic rings. The third-order valence-electron chi connectivity index (χ3n) is 4.81. The average Bonchev–Trinajstić information content (AvgIpc) is 3.14. The summed E-state index contributed by atoms with van der Waals surface area (Å²) in [4.78, 5) is 29.0. The van der Waals surface area contributed by atoms with Crippen LogP contribution >= 0.6 is 0 Å². The number of carbonyl (C=O) groups is 1. The largest absolute Gasteiger partial charge is 0.394 e. The standard InChI is InChI=1S/C18H23N5O3/c1-3-12(2)14(11-24)21-17(25)6-9-22-8-5-15-13(18(22)26)10-19-16-4-7-20-23(15)16/h4-5,7-8,10,12,14,24H,3,6,9,11H2,1-2H3,(H,21,25)/t12-,14-/m0/s1. The summed E-state index contributed by atoms with van der Waals surface area (Å²) in [6.45, 7) is 4.16. The lowest BCUT2D eigenvalue weighted by Gasteiger charge is -2.22. The molecule has 0 spiro atoms. The van der Waals surface area contributed by atoms with E-state index in [1.54, 1.807) is 29.0 Å². The minimum Gasteiger partial charge on any atom is -0.394 e. The van der Waals surface area contributed by atoms with Gasteiger partial charge in [-0.2, -0.15) is 5.10 Å². The first-order chi connectivity index (χ1) is 12.5. The maximum Gasteiger partial charge on any atom is 0.261 e. The first kappa shape index (κ1) is 18.1. The van der Waals surface area contributed by atoms with E-state index >= 15 is 0 Å². The van der Waals surface area contributed by atoms with Gasteiger partial charge in [0.05, 0.1) is 29.7 Å². The molecule has 0 fully saturated rings. The number of hydrogen-bond acceptors (Lipinski definition) is 5. The van der Waals surface area contributed by atoms with Crippen LogP contribution in [-0.2, 0) is 11.3 Å². The van der Waals surface area contributed by atoms with Gasteiger partial charge in [-0.05, 0) is 12.0 Å². The van der Waals surface area contributed by atoms with Gasteiger partial charge in [-0.25, -0.2) is 9.50 Å². The van der Waals surface area contributed by atoms with Crippen molar-refractivity contribution in [3.8, 4) is 0 Å². The Kier molecular flexibility index (Phi) is 5.32. The van der Waals surface area contributed by atoms with E-state index in [9.17, 15) is 14.7 Å². The lowest BCUT2D eigenvalue weighted by molar-refractivity contribution is -0.122. The van der Waals surface area contributed by atoms with Gasteiger partial charge in [0.25, 0.3) is 5.56 Å². The third-order valence-corrected chi connectivity index (χ3v) is 4.81. The first-order valence-electron chi connectivity index (χ1n) is 8.77. The fraction of sp³-hybridized carbons (Fsp3) is 0.444. The summed E-state index contributed by atoms with van der Waals surface area (Å²) in [7, 11) is 0. The molecule has 0 unspecified atom stereocenters. The van der Waals surface area contributed by atoms with E-state index in [-0.39, 0.29) is 43.0 Å². The van der Waals surface area contributed by atoms with E-state index in [1.807, 2.05) is 13.8 Å². The van der Waals surface area contributed by atoms with Crippen LogP contribution in [0.15, 0.2) is 35.5 Å². The summed E-state index contributed by atoms with van der Waals surface area (Å²) < 4.78 is 3.11.